The third-order valence-electron chi connectivity index (χ3n) is 4.34. The van der Waals surface area contributed by atoms with Crippen molar-refractivity contribution in [3.05, 3.63) is 66.0 Å². The van der Waals surface area contributed by atoms with E-state index in [0.717, 1.165) is 22.4 Å². The minimum atomic E-state index is -0.292. The van der Waals surface area contributed by atoms with E-state index in [2.05, 4.69) is 5.32 Å². The molecule has 5 heteroatoms. The first-order valence-electron chi connectivity index (χ1n) is 8.57. The second-order valence-corrected chi connectivity index (χ2v) is 6.44. The van der Waals surface area contributed by atoms with E-state index in [1.807, 2.05) is 73.1 Å². The fourth-order valence-corrected chi connectivity index (χ4v) is 2.96. The summed E-state index contributed by atoms with van der Waals surface area (Å²) in [7, 11) is 1.98. The van der Waals surface area contributed by atoms with Crippen LogP contribution in [0.4, 0.5) is 0 Å². The second-order valence-electron chi connectivity index (χ2n) is 6.44. The van der Waals surface area contributed by atoms with Gasteiger partial charge in [-0.25, -0.2) is 4.98 Å². The second kappa shape index (κ2) is 7.49. The quantitative estimate of drug-likeness (QED) is 0.727. The first kappa shape index (κ1) is 17.2. The van der Waals surface area contributed by atoms with Gasteiger partial charge in [0.2, 0.25) is 5.91 Å². The standard InChI is InChI=1S/C20H24N4O/c1-14(21)12-13-18(25)23-19(15-8-4-3-5-9-15)20-22-16-10-6-7-11-17(16)24(20)2/h3-11,14,19H,12-13,21H2,1-2H3,(H,23,25). The van der Waals surface area contributed by atoms with Gasteiger partial charge >= 0.3 is 0 Å². The number of hydrogen-bond donors (Lipinski definition) is 2. The molecule has 0 aliphatic heterocycles. The van der Waals surface area contributed by atoms with Crippen molar-refractivity contribution in [2.24, 2.45) is 12.8 Å². The van der Waals surface area contributed by atoms with E-state index in [1.54, 1.807) is 0 Å². The number of benzene rings is 2. The van der Waals surface area contributed by atoms with E-state index < -0.39 is 0 Å². The third kappa shape index (κ3) is 3.88. The first-order chi connectivity index (χ1) is 12.1. The summed E-state index contributed by atoms with van der Waals surface area (Å²) >= 11 is 0. The number of carbonyl (C=O) groups is 1. The van der Waals surface area contributed by atoms with E-state index in [-0.39, 0.29) is 18.0 Å². The average molecular weight is 336 g/mol. The fraction of sp³-hybridized carbons (Fsp3) is 0.300. The summed E-state index contributed by atoms with van der Waals surface area (Å²) in [5.74, 6) is 0.805. The SMILES string of the molecule is CC(N)CCC(=O)NC(c1ccccc1)c1nc2ccccc2n1C. The predicted molar refractivity (Wildman–Crippen MR) is 100 cm³/mol. The number of nitrogens with two attached hydrogens (primary N) is 1. The lowest BCUT2D eigenvalue weighted by Crippen LogP contribution is -2.32. The van der Waals surface area contributed by atoms with E-state index in [9.17, 15) is 4.79 Å². The van der Waals surface area contributed by atoms with Crippen LogP contribution in [0.5, 0.6) is 0 Å². The number of carbonyl (C=O) groups excluding carboxylic acids is 1. The molecule has 2 aromatic carbocycles. The van der Waals surface area contributed by atoms with E-state index in [4.69, 9.17) is 10.7 Å². The molecule has 3 N–H and O–H groups in total. The molecule has 25 heavy (non-hydrogen) atoms. The van der Waals surface area contributed by atoms with Gasteiger partial charge in [-0.3, -0.25) is 4.79 Å². The molecule has 0 spiro atoms. The lowest BCUT2D eigenvalue weighted by atomic mass is 10.1. The Bertz CT molecular complexity index is 855. The fourth-order valence-electron chi connectivity index (χ4n) is 2.96. The largest absolute Gasteiger partial charge is 0.342 e. The Hall–Kier alpha value is -2.66. The highest BCUT2D eigenvalue weighted by Crippen LogP contribution is 2.25. The van der Waals surface area contributed by atoms with Crippen LogP contribution in [0.1, 0.15) is 37.2 Å². The summed E-state index contributed by atoms with van der Waals surface area (Å²) in [5, 5.41) is 3.13. The molecule has 5 nitrogen and oxygen atoms in total. The van der Waals surface area contributed by atoms with E-state index in [0.29, 0.717) is 12.8 Å². The minimum Gasteiger partial charge on any atom is -0.342 e. The van der Waals surface area contributed by atoms with Crippen LogP contribution in [0, 0.1) is 0 Å². The van der Waals surface area contributed by atoms with Gasteiger partial charge in [0, 0.05) is 19.5 Å². The lowest BCUT2D eigenvalue weighted by Gasteiger charge is -2.19. The molecule has 1 heterocycles. The Morgan fingerprint density at radius 3 is 2.52 bits per heavy atom. The van der Waals surface area contributed by atoms with Gasteiger partial charge in [0.25, 0.3) is 0 Å². The van der Waals surface area contributed by atoms with Crippen molar-refractivity contribution in [1.29, 1.82) is 0 Å². The molecular weight excluding hydrogens is 312 g/mol. The maximum atomic E-state index is 12.4. The molecule has 0 fully saturated rings. The van der Waals surface area contributed by atoms with Crippen LogP contribution in [-0.4, -0.2) is 21.5 Å². The van der Waals surface area contributed by atoms with Gasteiger partial charge in [0.05, 0.1) is 11.0 Å². The Labute approximate surface area is 147 Å². The highest BCUT2D eigenvalue weighted by Gasteiger charge is 2.22. The van der Waals surface area contributed by atoms with E-state index >= 15 is 0 Å². The summed E-state index contributed by atoms with van der Waals surface area (Å²) in [4.78, 5) is 17.2. The number of rotatable bonds is 6. The Balaban J connectivity index is 1.96. The number of aromatic nitrogens is 2. The van der Waals surface area contributed by atoms with Crippen LogP contribution in [0.2, 0.25) is 0 Å². The molecule has 1 amide bonds. The Morgan fingerprint density at radius 1 is 1.16 bits per heavy atom. The summed E-state index contributed by atoms with van der Waals surface area (Å²) in [6, 6.07) is 17.6. The number of para-hydroxylation sites is 2. The first-order valence-corrected chi connectivity index (χ1v) is 8.57. The summed E-state index contributed by atoms with van der Waals surface area (Å²) in [6.07, 6.45) is 1.07. The molecule has 1 aromatic heterocycles. The third-order valence-corrected chi connectivity index (χ3v) is 4.34. The molecule has 2 atom stereocenters. The van der Waals surface area contributed by atoms with E-state index in [1.165, 1.54) is 0 Å². The van der Waals surface area contributed by atoms with Gasteiger partial charge in [-0.15, -0.1) is 0 Å². The normalized spacial score (nSPS) is 13.6. The topological polar surface area (TPSA) is 72.9 Å². The van der Waals surface area contributed by atoms with Crippen molar-refractivity contribution in [2.45, 2.75) is 31.8 Å². The van der Waals surface area contributed by atoms with Crippen LogP contribution >= 0.6 is 0 Å². The molecule has 0 aliphatic rings. The Kier molecular flexibility index (Phi) is 5.14. The van der Waals surface area contributed by atoms with Crippen molar-refractivity contribution < 1.29 is 4.79 Å². The van der Waals surface area contributed by atoms with Gasteiger partial charge in [-0.2, -0.15) is 0 Å². The van der Waals surface area contributed by atoms with Crippen LogP contribution in [0.3, 0.4) is 0 Å². The number of fused-ring (bicyclic) bond motifs is 1. The highest BCUT2D eigenvalue weighted by atomic mass is 16.1. The van der Waals surface area contributed by atoms with Crippen molar-refractivity contribution in [2.75, 3.05) is 0 Å². The average Bonchev–Trinajstić information content (AvgIpc) is 2.95. The molecule has 3 rings (SSSR count). The van der Waals surface area contributed by atoms with Gasteiger partial charge in [0.1, 0.15) is 11.9 Å². The van der Waals surface area contributed by atoms with Crippen molar-refractivity contribution >= 4 is 16.9 Å². The summed E-state index contributed by atoms with van der Waals surface area (Å²) < 4.78 is 2.04. The molecule has 0 saturated heterocycles. The number of imidazole rings is 1. The van der Waals surface area contributed by atoms with Gasteiger partial charge < -0.3 is 15.6 Å². The van der Waals surface area contributed by atoms with Crippen molar-refractivity contribution in [3.8, 4) is 0 Å². The molecule has 0 saturated carbocycles. The van der Waals surface area contributed by atoms with Gasteiger partial charge in [-0.1, -0.05) is 42.5 Å². The molecule has 0 aliphatic carbocycles. The number of aryl methyl sites for hydroxylation is 1. The molecule has 0 bridgehead atoms. The highest BCUT2D eigenvalue weighted by molar-refractivity contribution is 5.78. The number of hydrogen-bond acceptors (Lipinski definition) is 3. The van der Waals surface area contributed by atoms with Crippen molar-refractivity contribution in [3.63, 3.8) is 0 Å². The lowest BCUT2D eigenvalue weighted by molar-refractivity contribution is -0.121. The molecule has 0 radical (unpaired) electrons. The number of nitrogens with one attached hydrogen (secondary N) is 1. The van der Waals surface area contributed by atoms with Crippen LogP contribution in [0.25, 0.3) is 11.0 Å². The predicted octanol–water partition coefficient (Wildman–Crippen LogP) is 2.91. The van der Waals surface area contributed by atoms with Crippen LogP contribution in [-0.2, 0) is 11.8 Å². The zero-order chi connectivity index (χ0) is 17.8. The summed E-state index contributed by atoms with van der Waals surface area (Å²) in [5.41, 5.74) is 8.75. The van der Waals surface area contributed by atoms with Crippen LogP contribution in [0.15, 0.2) is 54.6 Å². The smallest absolute Gasteiger partial charge is 0.220 e. The maximum absolute atomic E-state index is 12.4. The van der Waals surface area contributed by atoms with Gasteiger partial charge in [0.15, 0.2) is 0 Å². The number of nitrogens with zero attached hydrogens (tertiary/aromatic N) is 2. The minimum absolute atomic E-state index is 0.0108. The molecular formula is C20H24N4O. The molecule has 2 unspecified atom stereocenters. The Morgan fingerprint density at radius 2 is 1.84 bits per heavy atom. The van der Waals surface area contributed by atoms with Crippen LogP contribution < -0.4 is 11.1 Å². The monoisotopic (exact) mass is 336 g/mol. The van der Waals surface area contributed by atoms with Gasteiger partial charge in [-0.05, 0) is 31.0 Å². The number of amides is 1. The summed E-state index contributed by atoms with van der Waals surface area (Å²) in [6.45, 7) is 1.91. The maximum Gasteiger partial charge on any atom is 0.220 e. The van der Waals surface area contributed by atoms with Crippen molar-refractivity contribution in [1.82, 2.24) is 14.9 Å². The molecule has 3 aromatic rings. The zero-order valence-electron chi connectivity index (χ0n) is 14.6. The molecule has 130 valence electrons. The zero-order valence-corrected chi connectivity index (χ0v) is 14.6.